The topological polar surface area (TPSA) is 49.3 Å². The Morgan fingerprint density at radius 2 is 1.78 bits per heavy atom. The van der Waals surface area contributed by atoms with Crippen LogP contribution in [0.4, 0.5) is 0 Å². The Morgan fingerprint density at radius 3 is 2.17 bits per heavy atom. The molecule has 0 aliphatic heterocycles. The lowest BCUT2D eigenvalue weighted by molar-refractivity contribution is -0.151. The summed E-state index contributed by atoms with van der Waals surface area (Å²) < 4.78 is 0. The van der Waals surface area contributed by atoms with Gasteiger partial charge >= 0.3 is 5.97 Å². The van der Waals surface area contributed by atoms with Crippen molar-refractivity contribution in [3.05, 3.63) is 0 Å². The van der Waals surface area contributed by atoms with Crippen molar-refractivity contribution in [1.82, 2.24) is 5.32 Å². The van der Waals surface area contributed by atoms with Gasteiger partial charge in [-0.1, -0.05) is 33.1 Å². The first-order valence-corrected chi connectivity index (χ1v) is 7.17. The third kappa shape index (κ3) is 4.60. The van der Waals surface area contributed by atoms with E-state index in [1.54, 1.807) is 13.8 Å². The van der Waals surface area contributed by atoms with E-state index in [0.717, 1.165) is 13.0 Å². The molecule has 0 saturated heterocycles. The molecule has 0 spiro atoms. The number of nitrogens with one attached hydrogen (secondary N) is 1. The number of carbonyl (C=O) groups is 1. The smallest absolute Gasteiger partial charge is 0.310 e. The van der Waals surface area contributed by atoms with Gasteiger partial charge in [-0.15, -0.1) is 0 Å². The SMILES string of the molecule is CCCCC(CC)CNC(C)(C)C(C)(C)C(=O)O. The molecule has 0 aromatic carbocycles. The van der Waals surface area contributed by atoms with Crippen molar-refractivity contribution in [2.45, 2.75) is 72.8 Å². The summed E-state index contributed by atoms with van der Waals surface area (Å²) in [6.45, 7) is 12.8. The standard InChI is InChI=1S/C15H31NO2/c1-7-9-10-12(8-2)11-16-15(5,6)14(3,4)13(17)18/h12,16H,7-11H2,1-6H3,(H,17,18). The van der Waals surface area contributed by atoms with Gasteiger partial charge in [0.25, 0.3) is 0 Å². The molecule has 2 N–H and O–H groups in total. The van der Waals surface area contributed by atoms with E-state index in [9.17, 15) is 9.90 Å². The van der Waals surface area contributed by atoms with E-state index in [1.807, 2.05) is 13.8 Å². The van der Waals surface area contributed by atoms with Crippen LogP contribution in [0.1, 0.15) is 67.2 Å². The Kier molecular flexibility index (Phi) is 6.90. The van der Waals surface area contributed by atoms with Gasteiger partial charge in [0.2, 0.25) is 0 Å². The van der Waals surface area contributed by atoms with E-state index in [2.05, 4.69) is 19.2 Å². The maximum absolute atomic E-state index is 11.3. The lowest BCUT2D eigenvalue weighted by Crippen LogP contribution is -2.56. The second-order valence-corrected chi connectivity index (χ2v) is 6.35. The van der Waals surface area contributed by atoms with E-state index in [-0.39, 0.29) is 0 Å². The number of unbranched alkanes of at least 4 members (excludes halogenated alkanes) is 1. The fourth-order valence-corrected chi connectivity index (χ4v) is 1.83. The van der Waals surface area contributed by atoms with Gasteiger partial charge in [-0.3, -0.25) is 4.79 Å². The van der Waals surface area contributed by atoms with Crippen molar-refractivity contribution in [3.8, 4) is 0 Å². The predicted octanol–water partition coefficient (Wildman–Crippen LogP) is 3.68. The van der Waals surface area contributed by atoms with E-state index in [4.69, 9.17) is 0 Å². The summed E-state index contributed by atoms with van der Waals surface area (Å²) in [6, 6.07) is 0. The fourth-order valence-electron chi connectivity index (χ4n) is 1.83. The van der Waals surface area contributed by atoms with E-state index < -0.39 is 16.9 Å². The van der Waals surface area contributed by atoms with Gasteiger partial charge in [0.05, 0.1) is 5.41 Å². The van der Waals surface area contributed by atoms with Crippen LogP contribution in [0.2, 0.25) is 0 Å². The molecule has 1 atom stereocenters. The Morgan fingerprint density at radius 1 is 1.22 bits per heavy atom. The van der Waals surface area contributed by atoms with E-state index in [1.165, 1.54) is 19.3 Å². The Hall–Kier alpha value is -0.570. The summed E-state index contributed by atoms with van der Waals surface area (Å²) in [7, 11) is 0. The van der Waals surface area contributed by atoms with Crippen LogP contribution in [0, 0.1) is 11.3 Å². The van der Waals surface area contributed by atoms with Crippen LogP contribution in [0.3, 0.4) is 0 Å². The number of carboxylic acids is 1. The van der Waals surface area contributed by atoms with Gasteiger partial charge in [-0.05, 0) is 46.6 Å². The van der Waals surface area contributed by atoms with Crippen molar-refractivity contribution in [2.24, 2.45) is 11.3 Å². The summed E-state index contributed by atoms with van der Waals surface area (Å²) in [5.74, 6) is -0.101. The normalized spacial score (nSPS) is 14.6. The average Bonchev–Trinajstić information content (AvgIpc) is 2.28. The van der Waals surface area contributed by atoms with E-state index in [0.29, 0.717) is 5.92 Å². The monoisotopic (exact) mass is 257 g/mol. The van der Waals surface area contributed by atoms with Crippen molar-refractivity contribution in [1.29, 1.82) is 0 Å². The molecule has 108 valence electrons. The summed E-state index contributed by atoms with van der Waals surface area (Å²) in [5.41, 5.74) is -1.17. The zero-order chi connectivity index (χ0) is 14.4. The lowest BCUT2D eigenvalue weighted by atomic mass is 9.74. The molecule has 0 fully saturated rings. The lowest BCUT2D eigenvalue weighted by Gasteiger charge is -2.40. The number of rotatable bonds is 9. The first-order valence-electron chi connectivity index (χ1n) is 7.17. The molecule has 0 radical (unpaired) electrons. The van der Waals surface area contributed by atoms with Crippen molar-refractivity contribution in [2.75, 3.05) is 6.54 Å². The molecule has 0 aromatic heterocycles. The summed E-state index contributed by atoms with van der Waals surface area (Å²) in [5, 5.41) is 12.8. The Bertz CT molecular complexity index is 259. The molecule has 1 unspecified atom stereocenters. The molecule has 0 aliphatic carbocycles. The van der Waals surface area contributed by atoms with Gasteiger partial charge in [0.1, 0.15) is 0 Å². The van der Waals surface area contributed by atoms with Crippen LogP contribution in [0.5, 0.6) is 0 Å². The third-order valence-electron chi connectivity index (χ3n) is 4.47. The molecule has 0 amide bonds. The van der Waals surface area contributed by atoms with E-state index >= 15 is 0 Å². The molecule has 0 rings (SSSR count). The fraction of sp³-hybridized carbons (Fsp3) is 0.933. The average molecular weight is 257 g/mol. The van der Waals surface area contributed by atoms with Gasteiger partial charge in [0.15, 0.2) is 0 Å². The maximum Gasteiger partial charge on any atom is 0.310 e. The highest BCUT2D eigenvalue weighted by molar-refractivity contribution is 5.75. The Balaban J connectivity index is 4.44. The van der Waals surface area contributed by atoms with Gasteiger partial charge in [0, 0.05) is 5.54 Å². The molecular weight excluding hydrogens is 226 g/mol. The highest BCUT2D eigenvalue weighted by Crippen LogP contribution is 2.31. The number of hydrogen-bond acceptors (Lipinski definition) is 2. The van der Waals surface area contributed by atoms with Crippen LogP contribution in [0.15, 0.2) is 0 Å². The van der Waals surface area contributed by atoms with Crippen LogP contribution in [-0.4, -0.2) is 23.2 Å². The van der Waals surface area contributed by atoms with Gasteiger partial charge in [-0.25, -0.2) is 0 Å². The first-order chi connectivity index (χ1) is 8.19. The minimum atomic E-state index is -0.768. The minimum Gasteiger partial charge on any atom is -0.481 e. The molecule has 0 saturated carbocycles. The van der Waals surface area contributed by atoms with Crippen molar-refractivity contribution < 1.29 is 9.90 Å². The number of carboxylic acid groups (broad SMARTS) is 1. The van der Waals surface area contributed by atoms with Crippen LogP contribution in [-0.2, 0) is 4.79 Å². The summed E-state index contributed by atoms with van der Waals surface area (Å²) >= 11 is 0. The highest BCUT2D eigenvalue weighted by atomic mass is 16.4. The second-order valence-electron chi connectivity index (χ2n) is 6.35. The minimum absolute atomic E-state index is 0.404. The van der Waals surface area contributed by atoms with Crippen molar-refractivity contribution in [3.63, 3.8) is 0 Å². The molecule has 0 heterocycles. The largest absolute Gasteiger partial charge is 0.481 e. The second kappa shape index (κ2) is 7.13. The van der Waals surface area contributed by atoms with Gasteiger partial charge in [-0.2, -0.15) is 0 Å². The molecule has 0 aliphatic rings. The number of aliphatic carboxylic acids is 1. The van der Waals surface area contributed by atoms with Crippen LogP contribution >= 0.6 is 0 Å². The molecule has 0 bridgehead atoms. The molecule has 18 heavy (non-hydrogen) atoms. The maximum atomic E-state index is 11.3. The molecule has 3 heteroatoms. The number of hydrogen-bond donors (Lipinski definition) is 2. The van der Waals surface area contributed by atoms with Crippen LogP contribution < -0.4 is 5.32 Å². The third-order valence-corrected chi connectivity index (χ3v) is 4.47. The summed E-state index contributed by atoms with van der Waals surface area (Å²) in [4.78, 5) is 11.3. The molecular formula is C15H31NO2. The van der Waals surface area contributed by atoms with Crippen molar-refractivity contribution >= 4 is 5.97 Å². The predicted molar refractivity (Wildman–Crippen MR) is 76.8 cm³/mol. The highest BCUT2D eigenvalue weighted by Gasteiger charge is 2.43. The zero-order valence-corrected chi connectivity index (χ0v) is 13.0. The van der Waals surface area contributed by atoms with Crippen LogP contribution in [0.25, 0.3) is 0 Å². The zero-order valence-electron chi connectivity index (χ0n) is 13.0. The Labute approximate surface area is 112 Å². The molecule has 3 nitrogen and oxygen atoms in total. The quantitative estimate of drug-likeness (QED) is 0.662. The summed E-state index contributed by atoms with van der Waals surface area (Å²) in [6.07, 6.45) is 4.85. The van der Waals surface area contributed by atoms with Gasteiger partial charge < -0.3 is 10.4 Å². The molecule has 0 aromatic rings. The first kappa shape index (κ1) is 17.4.